The molecule has 3 N–H and O–H groups in total. The first-order chi connectivity index (χ1) is 34.5. The van der Waals surface area contributed by atoms with Crippen molar-refractivity contribution in [1.82, 2.24) is 5.32 Å². The number of unbranched alkanes of at least 4 members (excludes halogenated alkanes) is 47. The van der Waals surface area contributed by atoms with Gasteiger partial charge in [0.05, 0.1) is 25.4 Å². The molecule has 0 aliphatic carbocycles. The fraction of sp³-hybridized carbons (Fsp3) is 0.938. The van der Waals surface area contributed by atoms with Crippen LogP contribution in [0, 0.1) is 0 Å². The third kappa shape index (κ3) is 55.9. The molecule has 0 heterocycles. The maximum Gasteiger partial charge on any atom is 0.305 e. The highest BCUT2D eigenvalue weighted by molar-refractivity contribution is 5.76. The Hall–Kier alpha value is -1.40. The van der Waals surface area contributed by atoms with Crippen LogP contribution in [-0.4, -0.2) is 47.4 Å². The van der Waals surface area contributed by atoms with Gasteiger partial charge in [0, 0.05) is 12.8 Å². The Bertz CT molecular complexity index is 1050. The van der Waals surface area contributed by atoms with Gasteiger partial charge in [0.15, 0.2) is 0 Å². The number of amides is 1. The summed E-state index contributed by atoms with van der Waals surface area (Å²) in [6, 6.07) is -0.540. The van der Waals surface area contributed by atoms with Crippen molar-refractivity contribution in [3.8, 4) is 0 Å². The highest BCUT2D eigenvalue weighted by atomic mass is 16.5. The number of aliphatic hydroxyl groups excluding tert-OH is 2. The molecular formula is C64H125NO5. The second kappa shape index (κ2) is 60.2. The van der Waals surface area contributed by atoms with Crippen LogP contribution in [-0.2, 0) is 14.3 Å². The average Bonchev–Trinajstić information content (AvgIpc) is 3.36. The van der Waals surface area contributed by atoms with Crippen molar-refractivity contribution >= 4 is 11.9 Å². The topological polar surface area (TPSA) is 95.9 Å². The van der Waals surface area contributed by atoms with Crippen LogP contribution in [0.15, 0.2) is 12.2 Å². The number of carbonyl (C=O) groups excluding carboxylic acids is 2. The van der Waals surface area contributed by atoms with E-state index in [1.165, 1.54) is 289 Å². The van der Waals surface area contributed by atoms with Crippen LogP contribution in [0.1, 0.15) is 361 Å². The van der Waals surface area contributed by atoms with Crippen molar-refractivity contribution in [3.63, 3.8) is 0 Å². The number of hydrogen-bond acceptors (Lipinski definition) is 5. The van der Waals surface area contributed by atoms with Crippen molar-refractivity contribution in [2.45, 2.75) is 373 Å². The third-order valence-electron chi connectivity index (χ3n) is 15.1. The van der Waals surface area contributed by atoms with Crippen molar-refractivity contribution in [2.75, 3.05) is 13.2 Å². The Balaban J connectivity index is 3.36. The van der Waals surface area contributed by atoms with E-state index < -0.39 is 12.1 Å². The zero-order chi connectivity index (χ0) is 50.7. The van der Waals surface area contributed by atoms with E-state index in [9.17, 15) is 19.8 Å². The zero-order valence-electron chi connectivity index (χ0n) is 47.5. The Morgan fingerprint density at radius 1 is 0.386 bits per heavy atom. The van der Waals surface area contributed by atoms with Crippen LogP contribution in [0.2, 0.25) is 0 Å². The lowest BCUT2D eigenvalue weighted by Crippen LogP contribution is -2.45. The number of rotatable bonds is 60. The highest BCUT2D eigenvalue weighted by Crippen LogP contribution is 2.18. The number of ether oxygens (including phenoxy) is 1. The van der Waals surface area contributed by atoms with Gasteiger partial charge in [0.25, 0.3) is 0 Å². The highest BCUT2D eigenvalue weighted by Gasteiger charge is 2.20. The number of aliphatic hydroxyl groups is 2. The van der Waals surface area contributed by atoms with Crippen molar-refractivity contribution in [1.29, 1.82) is 0 Å². The molecule has 6 nitrogen and oxygen atoms in total. The maximum absolute atomic E-state index is 12.5. The summed E-state index contributed by atoms with van der Waals surface area (Å²) >= 11 is 0. The van der Waals surface area contributed by atoms with Crippen molar-refractivity contribution < 1.29 is 24.5 Å². The fourth-order valence-electron chi connectivity index (χ4n) is 10.2. The molecule has 0 aromatic rings. The number of carbonyl (C=O) groups is 2. The van der Waals surface area contributed by atoms with Gasteiger partial charge in [-0.15, -0.1) is 0 Å². The average molecular weight is 989 g/mol. The van der Waals surface area contributed by atoms with E-state index in [1.54, 1.807) is 0 Å². The van der Waals surface area contributed by atoms with Gasteiger partial charge in [-0.25, -0.2) is 0 Å². The molecule has 1 amide bonds. The lowest BCUT2D eigenvalue weighted by atomic mass is 10.0. The third-order valence-corrected chi connectivity index (χ3v) is 15.1. The van der Waals surface area contributed by atoms with Gasteiger partial charge in [-0.1, -0.05) is 309 Å². The quantitative estimate of drug-likeness (QED) is 0.0321. The largest absolute Gasteiger partial charge is 0.466 e. The molecule has 0 fully saturated rings. The van der Waals surface area contributed by atoms with E-state index in [0.29, 0.717) is 25.9 Å². The molecule has 2 atom stereocenters. The van der Waals surface area contributed by atoms with Crippen molar-refractivity contribution in [3.05, 3.63) is 12.2 Å². The van der Waals surface area contributed by atoms with E-state index in [2.05, 4.69) is 31.3 Å². The van der Waals surface area contributed by atoms with E-state index in [4.69, 9.17) is 4.74 Å². The number of nitrogens with one attached hydrogen (secondary N) is 1. The molecule has 0 radical (unpaired) electrons. The predicted octanol–water partition coefficient (Wildman–Crippen LogP) is 20.0. The molecule has 6 heteroatoms. The Morgan fingerprint density at radius 3 is 1.01 bits per heavy atom. The van der Waals surface area contributed by atoms with Crippen LogP contribution < -0.4 is 5.32 Å². The lowest BCUT2D eigenvalue weighted by Gasteiger charge is -2.22. The SMILES string of the molecule is CCCCCCCCCCCCCCCC(O)C(CO)NC(=O)CCCCCCCCCCCCCC/C=C\CCCCCCCCCCCCCCOC(=O)CCCCCCCCCCCCCC. The molecule has 416 valence electrons. The van der Waals surface area contributed by atoms with E-state index in [1.807, 2.05) is 0 Å². The minimum Gasteiger partial charge on any atom is -0.466 e. The molecule has 0 saturated carbocycles. The van der Waals surface area contributed by atoms with Crippen LogP contribution in [0.25, 0.3) is 0 Å². The number of esters is 1. The number of hydrogen-bond donors (Lipinski definition) is 3. The van der Waals surface area contributed by atoms with Gasteiger partial charge in [-0.3, -0.25) is 9.59 Å². The summed E-state index contributed by atoms with van der Waals surface area (Å²) < 4.78 is 5.48. The molecule has 0 aliphatic rings. The van der Waals surface area contributed by atoms with Gasteiger partial charge in [0.1, 0.15) is 0 Å². The van der Waals surface area contributed by atoms with Crippen LogP contribution in [0.4, 0.5) is 0 Å². The molecule has 0 bridgehead atoms. The molecule has 0 saturated heterocycles. The summed E-state index contributed by atoms with van der Waals surface area (Å²) in [5, 5.41) is 23.3. The molecule has 0 spiro atoms. The van der Waals surface area contributed by atoms with E-state index in [-0.39, 0.29) is 18.5 Å². The van der Waals surface area contributed by atoms with E-state index in [0.717, 1.165) is 38.5 Å². The zero-order valence-corrected chi connectivity index (χ0v) is 47.5. The molecule has 0 rings (SSSR count). The first-order valence-corrected chi connectivity index (χ1v) is 31.9. The first-order valence-electron chi connectivity index (χ1n) is 31.9. The summed E-state index contributed by atoms with van der Waals surface area (Å²) in [4.78, 5) is 24.5. The molecule has 2 unspecified atom stereocenters. The smallest absolute Gasteiger partial charge is 0.305 e. The normalized spacial score (nSPS) is 12.6. The lowest BCUT2D eigenvalue weighted by molar-refractivity contribution is -0.143. The van der Waals surface area contributed by atoms with Gasteiger partial charge in [-0.05, 0) is 51.4 Å². The van der Waals surface area contributed by atoms with Gasteiger partial charge in [-0.2, -0.15) is 0 Å². The van der Waals surface area contributed by atoms with Crippen LogP contribution >= 0.6 is 0 Å². The summed E-state index contributed by atoms with van der Waals surface area (Å²) in [5.74, 6) is -0.0160. The molecule has 0 aromatic heterocycles. The molecule has 70 heavy (non-hydrogen) atoms. The summed E-state index contributed by atoms with van der Waals surface area (Å²) in [6.07, 6.45) is 72.4. The Morgan fingerprint density at radius 2 is 0.671 bits per heavy atom. The monoisotopic (exact) mass is 988 g/mol. The van der Waals surface area contributed by atoms with Crippen molar-refractivity contribution in [2.24, 2.45) is 0 Å². The van der Waals surface area contributed by atoms with Gasteiger partial charge in [0.2, 0.25) is 5.91 Å². The summed E-state index contributed by atoms with van der Waals surface area (Å²) in [7, 11) is 0. The second-order valence-corrected chi connectivity index (χ2v) is 22.1. The second-order valence-electron chi connectivity index (χ2n) is 22.1. The standard InChI is InChI=1S/C64H125NO5/c1-3-5-7-9-11-13-15-33-36-40-44-48-52-56-62(67)61(60-66)65-63(68)57-53-49-45-41-37-34-31-29-27-25-23-21-19-17-18-20-22-24-26-28-30-32-35-39-43-47-51-55-59-70-64(69)58-54-50-46-42-38-16-14-12-10-8-6-4-2/h17-18,61-62,66-67H,3-16,19-60H2,1-2H3,(H,65,68)/b18-17-. The van der Waals surface area contributed by atoms with Gasteiger partial charge < -0.3 is 20.3 Å². The first kappa shape index (κ1) is 68.6. The minimum absolute atomic E-state index is 0.0171. The molecule has 0 aliphatic heterocycles. The summed E-state index contributed by atoms with van der Waals surface area (Å²) in [6.45, 7) is 4.97. The summed E-state index contributed by atoms with van der Waals surface area (Å²) in [5.41, 5.74) is 0. The molecule has 0 aromatic carbocycles. The Labute approximate surface area is 438 Å². The predicted molar refractivity (Wildman–Crippen MR) is 306 cm³/mol. The molecular weight excluding hydrogens is 863 g/mol. The van der Waals surface area contributed by atoms with Crippen LogP contribution in [0.5, 0.6) is 0 Å². The minimum atomic E-state index is -0.662. The number of allylic oxidation sites excluding steroid dienone is 2. The Kier molecular flexibility index (Phi) is 59.0. The fourth-order valence-corrected chi connectivity index (χ4v) is 10.2. The van der Waals surface area contributed by atoms with E-state index >= 15 is 0 Å². The maximum atomic E-state index is 12.5. The van der Waals surface area contributed by atoms with Gasteiger partial charge >= 0.3 is 5.97 Å². The van der Waals surface area contributed by atoms with Crippen LogP contribution in [0.3, 0.4) is 0 Å².